The lowest BCUT2D eigenvalue weighted by atomic mass is 10.3. The number of carboxylic acid groups (broad SMARTS) is 2. The van der Waals surface area contributed by atoms with Gasteiger partial charge in [0.05, 0.1) is 9.79 Å². The van der Waals surface area contributed by atoms with E-state index in [0.29, 0.717) is 9.79 Å². The maximum absolute atomic E-state index is 10.8. The van der Waals surface area contributed by atoms with E-state index in [2.05, 4.69) is 0 Å². The molecule has 0 radical (unpaired) electrons. The monoisotopic (exact) mass is 286 g/mol. The summed E-state index contributed by atoms with van der Waals surface area (Å²) in [5, 5.41) is 17.7. The lowest BCUT2D eigenvalue weighted by Gasteiger charge is -1.98. The molecule has 94 valence electrons. The first-order valence-corrected chi connectivity index (χ1v) is 6.68. The topological polar surface area (TPSA) is 101 Å². The molecule has 0 aliphatic heterocycles. The number of rotatable bonds is 5. The van der Waals surface area contributed by atoms with Crippen molar-refractivity contribution < 1.29 is 28.6 Å². The van der Waals surface area contributed by atoms with Crippen molar-refractivity contribution >= 4 is 33.5 Å². The van der Waals surface area contributed by atoms with E-state index in [1.165, 1.54) is 12.5 Å². The molecular weight excluding hydrogens is 280 g/mol. The third kappa shape index (κ3) is 2.54. The SMILES string of the molecule is O=C(O)c1cocc1SSc1cocc1C(=O)O. The Bertz CT molecular complexity index is 532. The summed E-state index contributed by atoms with van der Waals surface area (Å²) in [5.74, 6) is -2.20. The highest BCUT2D eigenvalue weighted by molar-refractivity contribution is 8.76. The van der Waals surface area contributed by atoms with Crippen LogP contribution < -0.4 is 0 Å². The van der Waals surface area contributed by atoms with Crippen LogP contribution in [0.5, 0.6) is 0 Å². The first-order chi connectivity index (χ1) is 8.59. The number of hydrogen-bond donors (Lipinski definition) is 2. The summed E-state index contributed by atoms with van der Waals surface area (Å²) in [4.78, 5) is 22.5. The Labute approximate surface area is 108 Å². The second kappa shape index (κ2) is 5.23. The summed E-state index contributed by atoms with van der Waals surface area (Å²) in [6.07, 6.45) is 4.83. The largest absolute Gasteiger partial charge is 0.478 e. The highest BCUT2D eigenvalue weighted by Gasteiger charge is 2.17. The van der Waals surface area contributed by atoms with Crippen LogP contribution in [0.4, 0.5) is 0 Å². The molecule has 0 aliphatic rings. The van der Waals surface area contributed by atoms with E-state index in [0.717, 1.165) is 34.1 Å². The van der Waals surface area contributed by atoms with Crippen LogP contribution in [-0.4, -0.2) is 22.2 Å². The van der Waals surface area contributed by atoms with Gasteiger partial charge in [0.1, 0.15) is 36.2 Å². The Hall–Kier alpha value is -1.80. The molecule has 2 N–H and O–H groups in total. The van der Waals surface area contributed by atoms with E-state index < -0.39 is 11.9 Å². The van der Waals surface area contributed by atoms with Gasteiger partial charge in [0.15, 0.2) is 0 Å². The van der Waals surface area contributed by atoms with Crippen molar-refractivity contribution in [3.05, 3.63) is 36.2 Å². The number of carbonyl (C=O) groups is 2. The molecule has 0 unspecified atom stereocenters. The van der Waals surface area contributed by atoms with Crippen LogP contribution in [0.1, 0.15) is 20.7 Å². The fourth-order valence-corrected chi connectivity index (χ4v) is 3.23. The van der Waals surface area contributed by atoms with Gasteiger partial charge in [-0.3, -0.25) is 0 Å². The summed E-state index contributed by atoms with van der Waals surface area (Å²) >= 11 is 0. The van der Waals surface area contributed by atoms with Gasteiger partial charge in [0.2, 0.25) is 0 Å². The predicted octanol–water partition coefficient (Wildman–Crippen LogP) is 3.07. The fourth-order valence-electron chi connectivity index (χ4n) is 1.10. The van der Waals surface area contributed by atoms with Crippen molar-refractivity contribution in [1.82, 2.24) is 0 Å². The van der Waals surface area contributed by atoms with Crippen LogP contribution in [0.2, 0.25) is 0 Å². The van der Waals surface area contributed by atoms with Crippen molar-refractivity contribution in [1.29, 1.82) is 0 Å². The maximum atomic E-state index is 10.8. The molecule has 0 amide bonds. The van der Waals surface area contributed by atoms with Gasteiger partial charge in [0.25, 0.3) is 0 Å². The van der Waals surface area contributed by atoms with Crippen LogP contribution in [0, 0.1) is 0 Å². The average Bonchev–Trinajstić information content (AvgIpc) is 2.94. The first-order valence-electron chi connectivity index (χ1n) is 4.53. The zero-order valence-corrected chi connectivity index (χ0v) is 10.3. The van der Waals surface area contributed by atoms with E-state index in [-0.39, 0.29) is 11.1 Å². The number of hydrogen-bond acceptors (Lipinski definition) is 6. The van der Waals surface area contributed by atoms with Crippen molar-refractivity contribution in [2.75, 3.05) is 0 Å². The predicted molar refractivity (Wildman–Crippen MR) is 63.0 cm³/mol. The van der Waals surface area contributed by atoms with Gasteiger partial charge in [-0.25, -0.2) is 9.59 Å². The van der Waals surface area contributed by atoms with E-state index in [1.807, 2.05) is 0 Å². The lowest BCUT2D eigenvalue weighted by molar-refractivity contribution is 0.0682. The minimum absolute atomic E-state index is 0.0351. The standard InChI is InChI=1S/C10H6O6S2/c11-9(12)5-1-15-3-7(5)17-18-8-4-16-2-6(8)10(13)14/h1-4H,(H,11,12)(H,13,14). The number of furan rings is 2. The Morgan fingerprint density at radius 2 is 1.22 bits per heavy atom. The zero-order valence-electron chi connectivity index (χ0n) is 8.65. The smallest absolute Gasteiger partial charge is 0.340 e. The molecule has 0 saturated carbocycles. The van der Waals surface area contributed by atoms with E-state index in [9.17, 15) is 9.59 Å². The van der Waals surface area contributed by atoms with Gasteiger partial charge in [-0.15, -0.1) is 0 Å². The third-order valence-electron chi connectivity index (χ3n) is 1.93. The summed E-state index contributed by atoms with van der Waals surface area (Å²) in [7, 11) is 2.18. The Kier molecular flexibility index (Phi) is 3.68. The summed E-state index contributed by atoms with van der Waals surface area (Å²) < 4.78 is 9.60. The van der Waals surface area contributed by atoms with Gasteiger partial charge in [-0.2, -0.15) is 0 Å². The molecule has 0 aromatic carbocycles. The Balaban J connectivity index is 2.12. The molecular formula is C10H6O6S2. The molecule has 0 atom stereocenters. The zero-order chi connectivity index (χ0) is 13.1. The second-order valence-corrected chi connectivity index (χ2v) is 5.29. The number of carboxylic acids is 2. The van der Waals surface area contributed by atoms with Gasteiger partial charge in [-0.1, -0.05) is 0 Å². The van der Waals surface area contributed by atoms with E-state index in [4.69, 9.17) is 19.0 Å². The van der Waals surface area contributed by atoms with Crippen molar-refractivity contribution in [2.45, 2.75) is 9.79 Å². The molecule has 0 bridgehead atoms. The molecule has 2 heterocycles. The van der Waals surface area contributed by atoms with Crippen LogP contribution in [-0.2, 0) is 0 Å². The molecule has 0 spiro atoms. The van der Waals surface area contributed by atoms with Crippen molar-refractivity contribution in [2.24, 2.45) is 0 Å². The number of aromatic carboxylic acids is 2. The molecule has 18 heavy (non-hydrogen) atoms. The minimum Gasteiger partial charge on any atom is -0.478 e. The van der Waals surface area contributed by atoms with Gasteiger partial charge in [0, 0.05) is 0 Å². The molecule has 6 nitrogen and oxygen atoms in total. The molecule has 2 aromatic heterocycles. The molecule has 0 fully saturated rings. The third-order valence-corrected chi connectivity index (χ3v) is 4.34. The summed E-state index contributed by atoms with van der Waals surface area (Å²) in [5.41, 5.74) is 0.0701. The highest BCUT2D eigenvalue weighted by Crippen LogP contribution is 2.41. The Morgan fingerprint density at radius 1 is 0.833 bits per heavy atom. The second-order valence-electron chi connectivity index (χ2n) is 3.08. The summed E-state index contributed by atoms with van der Waals surface area (Å²) in [6, 6.07) is 0. The molecule has 2 aromatic rings. The molecule has 2 rings (SSSR count). The first kappa shape index (κ1) is 12.7. The van der Waals surface area contributed by atoms with Crippen LogP contribution in [0.3, 0.4) is 0 Å². The maximum Gasteiger partial charge on any atom is 0.340 e. The molecule has 8 heteroatoms. The molecule has 0 aliphatic carbocycles. The average molecular weight is 286 g/mol. The van der Waals surface area contributed by atoms with Gasteiger partial charge < -0.3 is 19.0 Å². The lowest BCUT2D eigenvalue weighted by Crippen LogP contribution is -1.95. The highest BCUT2D eigenvalue weighted by atomic mass is 33.1. The van der Waals surface area contributed by atoms with E-state index >= 15 is 0 Å². The molecule has 0 saturated heterocycles. The van der Waals surface area contributed by atoms with Gasteiger partial charge in [-0.05, 0) is 21.6 Å². The quantitative estimate of drug-likeness (QED) is 0.809. The normalized spacial score (nSPS) is 10.4. The van der Waals surface area contributed by atoms with E-state index in [1.54, 1.807) is 0 Å². The fraction of sp³-hybridized carbons (Fsp3) is 0. The van der Waals surface area contributed by atoms with Crippen LogP contribution in [0.25, 0.3) is 0 Å². The van der Waals surface area contributed by atoms with Crippen molar-refractivity contribution in [3.8, 4) is 0 Å². The van der Waals surface area contributed by atoms with Crippen LogP contribution >= 0.6 is 21.6 Å². The minimum atomic E-state index is -1.10. The van der Waals surface area contributed by atoms with Crippen LogP contribution in [0.15, 0.2) is 43.7 Å². The summed E-state index contributed by atoms with van der Waals surface area (Å²) in [6.45, 7) is 0. The van der Waals surface area contributed by atoms with Crippen molar-refractivity contribution in [3.63, 3.8) is 0 Å². The Morgan fingerprint density at radius 3 is 1.56 bits per heavy atom. The van der Waals surface area contributed by atoms with Gasteiger partial charge >= 0.3 is 11.9 Å².